The number of hydrogen-bond acceptors (Lipinski definition) is 4. The predicted octanol–water partition coefficient (Wildman–Crippen LogP) is 4.13. The van der Waals surface area contributed by atoms with E-state index in [2.05, 4.69) is 5.32 Å². The molecule has 2 amide bonds. The summed E-state index contributed by atoms with van der Waals surface area (Å²) in [5.41, 5.74) is -1.41. The van der Waals surface area contributed by atoms with Gasteiger partial charge in [-0.2, -0.15) is 13.2 Å². The molecule has 12 heteroatoms. The van der Waals surface area contributed by atoms with Gasteiger partial charge >= 0.3 is 6.18 Å². The number of halogens is 5. The molecule has 30 heavy (non-hydrogen) atoms. The molecule has 2 aromatic carbocycles. The summed E-state index contributed by atoms with van der Waals surface area (Å²) in [4.78, 5) is 25.5. The third-order valence-electron chi connectivity index (χ3n) is 3.88. The molecule has 0 unspecified atom stereocenters. The third kappa shape index (κ3) is 5.87. The van der Waals surface area contributed by atoms with E-state index in [1.165, 1.54) is 25.2 Å². The van der Waals surface area contributed by atoms with E-state index in [0.29, 0.717) is 6.07 Å². The van der Waals surface area contributed by atoms with Crippen LogP contribution in [0.2, 0.25) is 10.0 Å². The van der Waals surface area contributed by atoms with Gasteiger partial charge in [0, 0.05) is 19.0 Å². The molecule has 0 saturated heterocycles. The van der Waals surface area contributed by atoms with Crippen LogP contribution in [-0.2, 0) is 20.8 Å². The fraction of sp³-hybridized carbons (Fsp3) is 0.222. The van der Waals surface area contributed by atoms with E-state index in [0.717, 1.165) is 23.3 Å². The number of anilines is 1. The Balaban J connectivity index is 2.16. The number of rotatable bonds is 5. The first-order valence-corrected chi connectivity index (χ1v) is 10.8. The normalized spacial score (nSPS) is 11.8. The van der Waals surface area contributed by atoms with Crippen LogP contribution in [0.25, 0.3) is 0 Å². The highest BCUT2D eigenvalue weighted by Gasteiger charge is 2.33. The standard InChI is InChI=1S/C18H15Cl2F3N2O4S/c1-25(17(27)12-8-11(30(2,28)29)4-6-14(12)19)9-16(26)24-10-3-5-15(20)13(7-10)18(21,22)23/h3-8H,9H2,1-2H3,(H,24,26). The van der Waals surface area contributed by atoms with Crippen molar-refractivity contribution in [1.29, 1.82) is 0 Å². The Morgan fingerprint density at radius 1 is 1.07 bits per heavy atom. The second-order valence-electron chi connectivity index (χ2n) is 6.32. The number of carbonyl (C=O) groups excluding carboxylic acids is 2. The van der Waals surface area contributed by atoms with Crippen LogP contribution in [-0.4, -0.2) is 45.0 Å². The molecule has 0 aliphatic carbocycles. The molecule has 0 aliphatic heterocycles. The van der Waals surface area contributed by atoms with Gasteiger partial charge in [0.15, 0.2) is 9.84 Å². The molecule has 0 bridgehead atoms. The number of likely N-dealkylation sites (N-methyl/N-ethyl adjacent to an activating group) is 1. The smallest absolute Gasteiger partial charge is 0.332 e. The highest BCUT2D eigenvalue weighted by Crippen LogP contribution is 2.36. The van der Waals surface area contributed by atoms with E-state index in [1.54, 1.807) is 0 Å². The molecule has 0 radical (unpaired) electrons. The lowest BCUT2D eigenvalue weighted by atomic mass is 10.2. The minimum absolute atomic E-state index is 0.0211. The highest BCUT2D eigenvalue weighted by atomic mass is 35.5. The van der Waals surface area contributed by atoms with Gasteiger partial charge in [-0.05, 0) is 36.4 Å². The molecule has 0 spiro atoms. The Kier molecular flexibility index (Phi) is 7.05. The van der Waals surface area contributed by atoms with Crippen LogP contribution in [0.5, 0.6) is 0 Å². The summed E-state index contributed by atoms with van der Waals surface area (Å²) in [6.45, 7) is -0.526. The maximum Gasteiger partial charge on any atom is 0.417 e. The molecule has 0 aromatic heterocycles. The fourth-order valence-corrected chi connectivity index (χ4v) is 3.48. The number of amides is 2. The van der Waals surface area contributed by atoms with Crippen LogP contribution in [0.15, 0.2) is 41.3 Å². The Labute approximate surface area is 180 Å². The Morgan fingerprint density at radius 3 is 2.23 bits per heavy atom. The van der Waals surface area contributed by atoms with Crippen LogP contribution >= 0.6 is 23.2 Å². The quantitative estimate of drug-likeness (QED) is 0.694. The van der Waals surface area contributed by atoms with Gasteiger partial charge < -0.3 is 10.2 Å². The minimum atomic E-state index is -4.70. The van der Waals surface area contributed by atoms with E-state index in [-0.39, 0.29) is 21.2 Å². The molecule has 6 nitrogen and oxygen atoms in total. The summed E-state index contributed by atoms with van der Waals surface area (Å²) in [6.07, 6.45) is -3.74. The molecule has 0 aliphatic rings. The van der Waals surface area contributed by atoms with Crippen molar-refractivity contribution in [1.82, 2.24) is 4.90 Å². The van der Waals surface area contributed by atoms with E-state index in [9.17, 15) is 31.2 Å². The SMILES string of the molecule is CN(CC(=O)Nc1ccc(Cl)c(C(F)(F)F)c1)C(=O)c1cc(S(C)(=O)=O)ccc1Cl. The van der Waals surface area contributed by atoms with Gasteiger partial charge in [0.05, 0.1) is 32.6 Å². The maximum atomic E-state index is 12.9. The van der Waals surface area contributed by atoms with Crippen LogP contribution in [0.1, 0.15) is 15.9 Å². The first-order chi connectivity index (χ1) is 13.7. The third-order valence-corrected chi connectivity index (χ3v) is 5.65. The van der Waals surface area contributed by atoms with Crippen molar-refractivity contribution in [2.45, 2.75) is 11.1 Å². The number of alkyl halides is 3. The minimum Gasteiger partial charge on any atom is -0.332 e. The van der Waals surface area contributed by atoms with E-state index < -0.39 is 45.0 Å². The summed E-state index contributed by atoms with van der Waals surface area (Å²) < 4.78 is 62.1. The van der Waals surface area contributed by atoms with Gasteiger partial charge in [-0.3, -0.25) is 9.59 Å². The van der Waals surface area contributed by atoms with Crippen molar-refractivity contribution in [2.75, 3.05) is 25.2 Å². The van der Waals surface area contributed by atoms with E-state index >= 15 is 0 Å². The van der Waals surface area contributed by atoms with Crippen molar-refractivity contribution in [3.8, 4) is 0 Å². The number of benzene rings is 2. The maximum absolute atomic E-state index is 12.9. The second-order valence-corrected chi connectivity index (χ2v) is 9.15. The van der Waals surface area contributed by atoms with Crippen molar-refractivity contribution in [2.24, 2.45) is 0 Å². The van der Waals surface area contributed by atoms with E-state index in [1.807, 2.05) is 0 Å². The molecule has 2 aromatic rings. The Bertz CT molecular complexity index is 1110. The van der Waals surface area contributed by atoms with Crippen molar-refractivity contribution in [3.05, 3.63) is 57.6 Å². The van der Waals surface area contributed by atoms with Gasteiger partial charge in [-0.25, -0.2) is 8.42 Å². The van der Waals surface area contributed by atoms with Crippen molar-refractivity contribution >= 4 is 50.5 Å². The van der Waals surface area contributed by atoms with Crippen LogP contribution < -0.4 is 5.32 Å². The summed E-state index contributed by atoms with van der Waals surface area (Å²) in [5, 5.41) is 1.71. The molecule has 162 valence electrons. The molecule has 1 N–H and O–H groups in total. The Hall–Kier alpha value is -2.30. The number of hydrogen-bond donors (Lipinski definition) is 1. The lowest BCUT2D eigenvalue weighted by molar-refractivity contribution is -0.137. The van der Waals surface area contributed by atoms with Crippen LogP contribution in [0, 0.1) is 0 Å². The first kappa shape index (κ1) is 24.0. The molecule has 0 atom stereocenters. The topological polar surface area (TPSA) is 83.6 Å². The molecular weight excluding hydrogens is 468 g/mol. The molecule has 0 saturated carbocycles. The van der Waals surface area contributed by atoms with Crippen molar-refractivity contribution < 1.29 is 31.2 Å². The van der Waals surface area contributed by atoms with Gasteiger partial charge in [-0.15, -0.1) is 0 Å². The van der Waals surface area contributed by atoms with Crippen molar-refractivity contribution in [3.63, 3.8) is 0 Å². The molecule has 0 fully saturated rings. The van der Waals surface area contributed by atoms with Crippen LogP contribution in [0.3, 0.4) is 0 Å². The molecule has 2 rings (SSSR count). The van der Waals surface area contributed by atoms with Gasteiger partial charge in [-0.1, -0.05) is 23.2 Å². The number of nitrogens with one attached hydrogen (secondary N) is 1. The summed E-state index contributed by atoms with van der Waals surface area (Å²) in [7, 11) is -2.34. The van der Waals surface area contributed by atoms with Crippen LogP contribution in [0.4, 0.5) is 18.9 Å². The molecule has 0 heterocycles. The largest absolute Gasteiger partial charge is 0.417 e. The number of carbonyl (C=O) groups is 2. The lowest BCUT2D eigenvalue weighted by Gasteiger charge is -2.18. The monoisotopic (exact) mass is 482 g/mol. The van der Waals surface area contributed by atoms with Gasteiger partial charge in [0.25, 0.3) is 5.91 Å². The molecular formula is C18H15Cl2F3N2O4S. The zero-order valence-electron chi connectivity index (χ0n) is 15.5. The summed E-state index contributed by atoms with van der Waals surface area (Å²) in [6, 6.07) is 6.41. The predicted molar refractivity (Wildman–Crippen MR) is 107 cm³/mol. The second kappa shape index (κ2) is 8.83. The first-order valence-electron chi connectivity index (χ1n) is 8.12. The average molecular weight is 483 g/mol. The summed E-state index contributed by atoms with van der Waals surface area (Å²) in [5.74, 6) is -1.52. The zero-order valence-corrected chi connectivity index (χ0v) is 17.9. The van der Waals surface area contributed by atoms with Gasteiger partial charge in [0.2, 0.25) is 5.91 Å². The summed E-state index contributed by atoms with van der Waals surface area (Å²) >= 11 is 11.5. The Morgan fingerprint density at radius 2 is 1.67 bits per heavy atom. The van der Waals surface area contributed by atoms with E-state index in [4.69, 9.17) is 23.2 Å². The zero-order chi connectivity index (χ0) is 22.9. The lowest BCUT2D eigenvalue weighted by Crippen LogP contribution is -2.35. The number of sulfone groups is 1. The van der Waals surface area contributed by atoms with Gasteiger partial charge in [0.1, 0.15) is 0 Å². The highest BCUT2D eigenvalue weighted by molar-refractivity contribution is 7.90. The fourth-order valence-electron chi connectivity index (χ4n) is 2.41. The number of nitrogens with zero attached hydrogens (tertiary/aromatic N) is 1. The average Bonchev–Trinajstić information content (AvgIpc) is 2.61.